The zero-order valence-corrected chi connectivity index (χ0v) is 13.5. The van der Waals surface area contributed by atoms with Crippen LogP contribution in [0, 0.1) is 0 Å². The summed E-state index contributed by atoms with van der Waals surface area (Å²) in [5.74, 6) is 1.02. The summed E-state index contributed by atoms with van der Waals surface area (Å²) < 4.78 is 7.71. The van der Waals surface area contributed by atoms with Crippen LogP contribution in [0.15, 0.2) is 24.3 Å². The SMILES string of the molecule is Cn1c(CCCNC(=O)[C@@H]2CC[C@H](CN)O2)nc2ccccc21. The van der Waals surface area contributed by atoms with E-state index in [4.69, 9.17) is 10.5 Å². The van der Waals surface area contributed by atoms with Gasteiger partial charge in [-0.15, -0.1) is 0 Å². The number of hydrogen-bond acceptors (Lipinski definition) is 4. The number of para-hydroxylation sites is 2. The summed E-state index contributed by atoms with van der Waals surface area (Å²) in [6.45, 7) is 1.12. The fourth-order valence-electron chi connectivity index (χ4n) is 3.06. The third-order valence-corrected chi connectivity index (χ3v) is 4.42. The third kappa shape index (κ3) is 3.54. The molecule has 1 aliphatic rings. The van der Waals surface area contributed by atoms with E-state index < -0.39 is 0 Å². The van der Waals surface area contributed by atoms with Gasteiger partial charge in [0.25, 0.3) is 0 Å². The Kier molecular flexibility index (Phi) is 4.93. The summed E-state index contributed by atoms with van der Waals surface area (Å²) in [4.78, 5) is 16.7. The second-order valence-electron chi connectivity index (χ2n) is 6.03. The number of rotatable bonds is 6. The molecule has 0 radical (unpaired) electrons. The Balaban J connectivity index is 1.46. The van der Waals surface area contributed by atoms with Gasteiger partial charge in [-0.2, -0.15) is 0 Å². The topological polar surface area (TPSA) is 82.2 Å². The minimum atomic E-state index is -0.334. The number of aryl methyl sites for hydroxylation is 2. The summed E-state index contributed by atoms with van der Waals surface area (Å²) in [5, 5.41) is 2.95. The molecule has 0 spiro atoms. The lowest BCUT2D eigenvalue weighted by atomic mass is 10.2. The smallest absolute Gasteiger partial charge is 0.249 e. The number of carbonyl (C=O) groups excluding carboxylic acids is 1. The Bertz CT molecular complexity index is 682. The normalized spacial score (nSPS) is 21.0. The van der Waals surface area contributed by atoms with Crippen molar-refractivity contribution in [2.75, 3.05) is 13.1 Å². The molecule has 1 aromatic carbocycles. The predicted molar refractivity (Wildman–Crippen MR) is 89.0 cm³/mol. The standard InChI is InChI=1S/C17H24N4O2/c1-21-14-6-3-2-5-13(14)20-16(21)7-4-10-19-17(22)15-9-8-12(11-18)23-15/h2-3,5-6,12,15H,4,7-11,18H2,1H3,(H,19,22)/t12-,15+/m1/s1. The van der Waals surface area contributed by atoms with Gasteiger partial charge in [0, 0.05) is 26.6 Å². The number of nitrogens with two attached hydrogens (primary N) is 1. The van der Waals surface area contributed by atoms with Crippen LogP contribution in [0.2, 0.25) is 0 Å². The molecule has 0 bridgehead atoms. The molecule has 6 heteroatoms. The summed E-state index contributed by atoms with van der Waals surface area (Å²) in [5.41, 5.74) is 7.72. The largest absolute Gasteiger partial charge is 0.364 e. The van der Waals surface area contributed by atoms with Gasteiger partial charge in [-0.1, -0.05) is 12.1 Å². The van der Waals surface area contributed by atoms with Gasteiger partial charge in [0.1, 0.15) is 11.9 Å². The minimum Gasteiger partial charge on any atom is -0.364 e. The van der Waals surface area contributed by atoms with Crippen LogP contribution in [0.5, 0.6) is 0 Å². The molecule has 3 N–H and O–H groups in total. The maximum atomic E-state index is 12.0. The molecule has 1 saturated heterocycles. The van der Waals surface area contributed by atoms with E-state index in [-0.39, 0.29) is 18.1 Å². The number of ether oxygens (including phenoxy) is 1. The van der Waals surface area contributed by atoms with Crippen molar-refractivity contribution in [1.29, 1.82) is 0 Å². The highest BCUT2D eigenvalue weighted by atomic mass is 16.5. The number of fused-ring (bicyclic) bond motifs is 1. The maximum Gasteiger partial charge on any atom is 0.249 e. The van der Waals surface area contributed by atoms with Crippen LogP contribution in [-0.2, 0) is 23.0 Å². The van der Waals surface area contributed by atoms with Crippen molar-refractivity contribution in [3.8, 4) is 0 Å². The van der Waals surface area contributed by atoms with E-state index in [1.807, 2.05) is 25.2 Å². The summed E-state index contributed by atoms with van der Waals surface area (Å²) in [6, 6.07) is 8.10. The van der Waals surface area contributed by atoms with E-state index in [1.54, 1.807) is 0 Å². The summed E-state index contributed by atoms with van der Waals surface area (Å²) in [6.07, 6.45) is 3.02. The van der Waals surface area contributed by atoms with Crippen molar-refractivity contribution >= 4 is 16.9 Å². The Hall–Kier alpha value is -1.92. The van der Waals surface area contributed by atoms with Crippen molar-refractivity contribution < 1.29 is 9.53 Å². The number of imidazole rings is 1. The van der Waals surface area contributed by atoms with Crippen LogP contribution in [0.25, 0.3) is 11.0 Å². The van der Waals surface area contributed by atoms with E-state index in [9.17, 15) is 4.79 Å². The lowest BCUT2D eigenvalue weighted by molar-refractivity contribution is -0.131. The quantitative estimate of drug-likeness (QED) is 0.783. The Labute approximate surface area is 136 Å². The van der Waals surface area contributed by atoms with Crippen molar-refractivity contribution in [1.82, 2.24) is 14.9 Å². The minimum absolute atomic E-state index is 0.0223. The molecule has 2 aromatic rings. The molecule has 23 heavy (non-hydrogen) atoms. The molecule has 0 aliphatic carbocycles. The van der Waals surface area contributed by atoms with Gasteiger partial charge in [0.15, 0.2) is 0 Å². The Morgan fingerprint density at radius 2 is 2.26 bits per heavy atom. The zero-order valence-electron chi connectivity index (χ0n) is 13.5. The fraction of sp³-hybridized carbons (Fsp3) is 0.529. The molecular weight excluding hydrogens is 292 g/mol. The van der Waals surface area contributed by atoms with Gasteiger partial charge in [-0.3, -0.25) is 4.79 Å². The number of hydrogen-bond donors (Lipinski definition) is 2. The van der Waals surface area contributed by atoms with E-state index in [1.165, 1.54) is 0 Å². The molecule has 1 amide bonds. The highest BCUT2D eigenvalue weighted by Gasteiger charge is 2.29. The van der Waals surface area contributed by atoms with Crippen LogP contribution in [0.3, 0.4) is 0 Å². The highest BCUT2D eigenvalue weighted by molar-refractivity contribution is 5.81. The molecule has 0 unspecified atom stereocenters. The number of aromatic nitrogens is 2. The van der Waals surface area contributed by atoms with Gasteiger partial charge in [-0.05, 0) is 31.4 Å². The van der Waals surface area contributed by atoms with Gasteiger partial charge in [0.05, 0.1) is 17.1 Å². The lowest BCUT2D eigenvalue weighted by Gasteiger charge is -2.12. The highest BCUT2D eigenvalue weighted by Crippen LogP contribution is 2.19. The van der Waals surface area contributed by atoms with Gasteiger partial charge >= 0.3 is 0 Å². The van der Waals surface area contributed by atoms with Crippen LogP contribution in [0.1, 0.15) is 25.1 Å². The van der Waals surface area contributed by atoms with E-state index in [0.29, 0.717) is 13.1 Å². The van der Waals surface area contributed by atoms with Gasteiger partial charge in [0.2, 0.25) is 5.91 Å². The van der Waals surface area contributed by atoms with E-state index in [0.717, 1.165) is 42.5 Å². The fourth-order valence-corrected chi connectivity index (χ4v) is 3.06. The first-order chi connectivity index (χ1) is 11.2. The number of nitrogens with one attached hydrogen (secondary N) is 1. The number of amides is 1. The predicted octanol–water partition coefficient (Wildman–Crippen LogP) is 1.13. The molecule has 2 heterocycles. The summed E-state index contributed by atoms with van der Waals surface area (Å²) >= 11 is 0. The lowest BCUT2D eigenvalue weighted by Crippen LogP contribution is -2.36. The van der Waals surface area contributed by atoms with Gasteiger partial charge in [-0.25, -0.2) is 4.98 Å². The second-order valence-corrected chi connectivity index (χ2v) is 6.03. The van der Waals surface area contributed by atoms with Crippen molar-refractivity contribution in [2.24, 2.45) is 12.8 Å². The molecule has 1 fully saturated rings. The molecule has 2 atom stereocenters. The third-order valence-electron chi connectivity index (χ3n) is 4.42. The van der Waals surface area contributed by atoms with Crippen molar-refractivity contribution in [3.05, 3.63) is 30.1 Å². The van der Waals surface area contributed by atoms with Crippen molar-refractivity contribution in [2.45, 2.75) is 37.9 Å². The maximum absolute atomic E-state index is 12.0. The average Bonchev–Trinajstić information content (AvgIpc) is 3.17. The number of benzene rings is 1. The van der Waals surface area contributed by atoms with Crippen LogP contribution < -0.4 is 11.1 Å². The van der Waals surface area contributed by atoms with Crippen molar-refractivity contribution in [3.63, 3.8) is 0 Å². The zero-order chi connectivity index (χ0) is 16.2. The number of nitrogens with zero attached hydrogens (tertiary/aromatic N) is 2. The van der Waals surface area contributed by atoms with E-state index in [2.05, 4.69) is 20.9 Å². The molecule has 6 nitrogen and oxygen atoms in total. The molecular formula is C17H24N4O2. The van der Waals surface area contributed by atoms with Crippen LogP contribution in [0.4, 0.5) is 0 Å². The molecule has 1 aliphatic heterocycles. The Morgan fingerprint density at radius 3 is 3.00 bits per heavy atom. The first-order valence-electron chi connectivity index (χ1n) is 8.22. The first kappa shape index (κ1) is 16.0. The van der Waals surface area contributed by atoms with Crippen LogP contribution >= 0.6 is 0 Å². The second kappa shape index (κ2) is 7.10. The molecule has 124 valence electrons. The average molecular weight is 316 g/mol. The molecule has 1 aromatic heterocycles. The monoisotopic (exact) mass is 316 g/mol. The first-order valence-corrected chi connectivity index (χ1v) is 8.22. The molecule has 0 saturated carbocycles. The number of carbonyl (C=O) groups is 1. The molecule has 3 rings (SSSR count). The Morgan fingerprint density at radius 1 is 1.43 bits per heavy atom. The van der Waals surface area contributed by atoms with Gasteiger partial charge < -0.3 is 20.4 Å². The van der Waals surface area contributed by atoms with E-state index >= 15 is 0 Å². The van der Waals surface area contributed by atoms with Crippen LogP contribution in [-0.4, -0.2) is 40.8 Å². The summed E-state index contributed by atoms with van der Waals surface area (Å²) in [7, 11) is 2.03.